The van der Waals surface area contributed by atoms with E-state index in [9.17, 15) is 0 Å². The lowest BCUT2D eigenvalue weighted by Gasteiger charge is -2.21. The lowest BCUT2D eigenvalue weighted by molar-refractivity contribution is 0.340. The Morgan fingerprint density at radius 1 is 1.14 bits per heavy atom. The minimum absolute atomic E-state index is 0.0435. The third-order valence-electron chi connectivity index (χ3n) is 3.28. The third kappa shape index (κ3) is 3.72. The second kappa shape index (κ2) is 7.50. The van der Waals surface area contributed by atoms with E-state index in [-0.39, 0.29) is 6.04 Å². The largest absolute Gasteiger partial charge is 0.492 e. The van der Waals surface area contributed by atoms with Crippen molar-refractivity contribution in [3.05, 3.63) is 49.6 Å². The minimum Gasteiger partial charge on any atom is -0.492 e. The van der Waals surface area contributed by atoms with Crippen molar-refractivity contribution in [1.82, 2.24) is 5.32 Å². The van der Waals surface area contributed by atoms with E-state index in [0.29, 0.717) is 22.4 Å². The molecule has 0 saturated carbocycles. The summed E-state index contributed by atoms with van der Waals surface area (Å²) in [4.78, 5) is 0. The molecule has 0 radical (unpaired) electrons. The van der Waals surface area contributed by atoms with Crippen LogP contribution in [0.15, 0.2) is 22.9 Å². The maximum Gasteiger partial charge on any atom is 0.139 e. The van der Waals surface area contributed by atoms with E-state index in [0.717, 1.165) is 12.1 Å². The normalized spacial score (nSPS) is 12.4. The quantitative estimate of drug-likeness (QED) is 0.751. The number of rotatable bonds is 6. The molecule has 5 heteroatoms. The number of halogens is 2. The average molecular weight is 344 g/mol. The van der Waals surface area contributed by atoms with Gasteiger partial charge in [0.2, 0.25) is 0 Å². The van der Waals surface area contributed by atoms with E-state index in [1.54, 1.807) is 17.4 Å². The Morgan fingerprint density at radius 3 is 2.48 bits per heavy atom. The molecule has 0 spiro atoms. The van der Waals surface area contributed by atoms with Crippen molar-refractivity contribution in [2.75, 3.05) is 13.2 Å². The van der Waals surface area contributed by atoms with Crippen LogP contribution >= 0.6 is 34.5 Å². The van der Waals surface area contributed by atoms with Crippen LogP contribution in [0.5, 0.6) is 5.75 Å². The summed E-state index contributed by atoms with van der Waals surface area (Å²) in [6.07, 6.45) is 0. The number of thiophene rings is 1. The van der Waals surface area contributed by atoms with Crippen LogP contribution < -0.4 is 10.1 Å². The molecule has 0 amide bonds. The van der Waals surface area contributed by atoms with E-state index >= 15 is 0 Å². The van der Waals surface area contributed by atoms with Crippen molar-refractivity contribution in [2.24, 2.45) is 0 Å². The highest BCUT2D eigenvalue weighted by atomic mass is 35.5. The van der Waals surface area contributed by atoms with Gasteiger partial charge in [-0.05, 0) is 53.9 Å². The summed E-state index contributed by atoms with van der Waals surface area (Å²) in [5, 5.41) is 9.04. The van der Waals surface area contributed by atoms with Gasteiger partial charge in [0.1, 0.15) is 5.75 Å². The molecule has 1 heterocycles. The Balaban J connectivity index is 2.46. The van der Waals surface area contributed by atoms with E-state index in [4.69, 9.17) is 27.9 Å². The number of hydrogen-bond donors (Lipinski definition) is 1. The van der Waals surface area contributed by atoms with Crippen LogP contribution in [0.25, 0.3) is 0 Å². The van der Waals surface area contributed by atoms with Crippen LogP contribution in [0, 0.1) is 6.92 Å². The minimum atomic E-state index is 0.0435. The van der Waals surface area contributed by atoms with Gasteiger partial charge in [-0.2, -0.15) is 11.3 Å². The Morgan fingerprint density at radius 2 is 1.90 bits per heavy atom. The van der Waals surface area contributed by atoms with Crippen molar-refractivity contribution in [3.63, 3.8) is 0 Å². The van der Waals surface area contributed by atoms with Gasteiger partial charge in [0.15, 0.2) is 0 Å². The zero-order valence-electron chi connectivity index (χ0n) is 12.4. The second-order valence-corrected chi connectivity index (χ2v) is 6.30. The molecule has 0 aliphatic carbocycles. The summed E-state index contributed by atoms with van der Waals surface area (Å²) >= 11 is 14.5. The predicted molar refractivity (Wildman–Crippen MR) is 92.2 cm³/mol. The van der Waals surface area contributed by atoms with Gasteiger partial charge in [-0.1, -0.05) is 30.1 Å². The van der Waals surface area contributed by atoms with Crippen molar-refractivity contribution >= 4 is 34.5 Å². The molecule has 0 fully saturated rings. The highest BCUT2D eigenvalue weighted by Crippen LogP contribution is 2.37. The van der Waals surface area contributed by atoms with E-state index in [1.807, 2.05) is 13.0 Å². The Labute approximate surface area is 140 Å². The van der Waals surface area contributed by atoms with Crippen LogP contribution in [0.3, 0.4) is 0 Å². The molecular formula is C16H19Cl2NOS. The van der Waals surface area contributed by atoms with Gasteiger partial charge >= 0.3 is 0 Å². The molecule has 1 unspecified atom stereocenters. The van der Waals surface area contributed by atoms with Gasteiger partial charge in [0.05, 0.1) is 17.7 Å². The number of ether oxygens (including phenoxy) is 1. The summed E-state index contributed by atoms with van der Waals surface area (Å²) < 4.78 is 5.49. The fourth-order valence-electron chi connectivity index (χ4n) is 2.29. The molecular weight excluding hydrogens is 325 g/mol. The molecule has 0 aliphatic heterocycles. The number of benzene rings is 1. The molecule has 1 aromatic carbocycles. The standard InChI is InChI=1S/C16H19Cl2NOS/c1-4-19-16(12-9-21-8-10(12)3)11-6-14(18)15(20-5-2)7-13(11)17/h6-9,16,19H,4-5H2,1-3H3. The molecule has 1 aromatic heterocycles. The van der Waals surface area contributed by atoms with Crippen molar-refractivity contribution < 1.29 is 4.74 Å². The first kappa shape index (κ1) is 16.6. The summed E-state index contributed by atoms with van der Waals surface area (Å²) in [7, 11) is 0. The lowest BCUT2D eigenvalue weighted by Crippen LogP contribution is -2.22. The molecule has 114 valence electrons. The number of nitrogens with one attached hydrogen (secondary N) is 1. The first-order valence-electron chi connectivity index (χ1n) is 6.96. The third-order valence-corrected chi connectivity index (χ3v) is 4.78. The molecule has 21 heavy (non-hydrogen) atoms. The smallest absolute Gasteiger partial charge is 0.139 e. The van der Waals surface area contributed by atoms with Gasteiger partial charge in [-0.15, -0.1) is 0 Å². The van der Waals surface area contributed by atoms with Crippen LogP contribution in [-0.4, -0.2) is 13.2 Å². The first-order chi connectivity index (χ1) is 10.1. The first-order valence-corrected chi connectivity index (χ1v) is 8.66. The summed E-state index contributed by atoms with van der Waals surface area (Å²) in [6.45, 7) is 7.53. The Hall–Kier alpha value is -0.740. The molecule has 2 nitrogen and oxygen atoms in total. The molecule has 1 N–H and O–H groups in total. The fraction of sp³-hybridized carbons (Fsp3) is 0.375. The van der Waals surface area contributed by atoms with Crippen molar-refractivity contribution in [3.8, 4) is 5.75 Å². The molecule has 1 atom stereocenters. The summed E-state index contributed by atoms with van der Waals surface area (Å²) in [5.41, 5.74) is 3.48. The average Bonchev–Trinajstić information content (AvgIpc) is 2.86. The van der Waals surface area contributed by atoms with Gasteiger partial charge in [0.25, 0.3) is 0 Å². The number of aryl methyl sites for hydroxylation is 1. The fourth-order valence-corrected chi connectivity index (χ4v) is 3.66. The SMILES string of the molecule is CCNC(c1cscc1C)c1cc(Cl)c(OCC)cc1Cl. The summed E-state index contributed by atoms with van der Waals surface area (Å²) in [5.74, 6) is 0.630. The Kier molecular flexibility index (Phi) is 5.94. The second-order valence-electron chi connectivity index (χ2n) is 4.74. The highest BCUT2D eigenvalue weighted by molar-refractivity contribution is 7.08. The molecule has 2 rings (SSSR count). The van der Waals surface area contributed by atoms with Gasteiger partial charge in [-0.3, -0.25) is 0 Å². The topological polar surface area (TPSA) is 21.3 Å². The predicted octanol–water partition coefficient (Wildman–Crippen LogP) is 5.46. The monoisotopic (exact) mass is 343 g/mol. The van der Waals surface area contributed by atoms with E-state index < -0.39 is 0 Å². The van der Waals surface area contributed by atoms with Crippen LogP contribution in [0.4, 0.5) is 0 Å². The van der Waals surface area contributed by atoms with Crippen LogP contribution in [-0.2, 0) is 0 Å². The summed E-state index contributed by atoms with van der Waals surface area (Å²) in [6, 6.07) is 3.75. The highest BCUT2D eigenvalue weighted by Gasteiger charge is 2.20. The van der Waals surface area contributed by atoms with Crippen LogP contribution in [0.1, 0.15) is 36.6 Å². The van der Waals surface area contributed by atoms with Crippen molar-refractivity contribution in [2.45, 2.75) is 26.8 Å². The number of hydrogen-bond acceptors (Lipinski definition) is 3. The van der Waals surface area contributed by atoms with Crippen LogP contribution in [0.2, 0.25) is 10.0 Å². The van der Waals surface area contributed by atoms with Crippen molar-refractivity contribution in [1.29, 1.82) is 0 Å². The lowest BCUT2D eigenvalue weighted by atomic mass is 9.98. The maximum absolute atomic E-state index is 6.46. The zero-order chi connectivity index (χ0) is 15.4. The molecule has 0 bridgehead atoms. The van der Waals surface area contributed by atoms with Gasteiger partial charge in [-0.25, -0.2) is 0 Å². The molecule has 0 saturated heterocycles. The van der Waals surface area contributed by atoms with E-state index in [1.165, 1.54) is 11.1 Å². The Bertz CT molecular complexity index is 612. The maximum atomic E-state index is 6.46. The van der Waals surface area contributed by atoms with E-state index in [2.05, 4.69) is 29.9 Å². The molecule has 0 aliphatic rings. The molecule has 2 aromatic rings. The van der Waals surface area contributed by atoms with Gasteiger partial charge < -0.3 is 10.1 Å². The van der Waals surface area contributed by atoms with Gasteiger partial charge in [0, 0.05) is 11.1 Å². The zero-order valence-corrected chi connectivity index (χ0v) is 14.7.